The number of rotatable bonds is 7. The molecule has 0 aliphatic heterocycles. The average Bonchev–Trinajstić information content (AvgIpc) is 2.71. The molecule has 8 heteroatoms. The summed E-state index contributed by atoms with van der Waals surface area (Å²) in [6, 6.07) is 6.06. The van der Waals surface area contributed by atoms with E-state index in [9.17, 15) is 19.6 Å². The highest BCUT2D eigenvalue weighted by Crippen LogP contribution is 2.57. The molecular weight excluding hydrogens is 388 g/mol. The maximum atomic E-state index is 12.5. The van der Waals surface area contributed by atoms with Gasteiger partial charge in [0, 0.05) is 5.69 Å². The first-order valence-corrected chi connectivity index (χ1v) is 10.3. The van der Waals surface area contributed by atoms with E-state index in [1.165, 1.54) is 38.5 Å². The zero-order valence-electron chi connectivity index (χ0n) is 16.9. The second-order valence-corrected chi connectivity index (χ2v) is 8.80. The molecule has 0 radical (unpaired) electrons. The molecule has 4 fully saturated rings. The minimum atomic E-state index is -0.862. The number of carbonyl (C=O) groups excluding carboxylic acids is 2. The van der Waals surface area contributed by atoms with Crippen LogP contribution in [0.1, 0.15) is 48.9 Å². The Morgan fingerprint density at radius 3 is 2.37 bits per heavy atom. The number of nitrogens with zero attached hydrogens (tertiary/aromatic N) is 1. The molecule has 4 bridgehead atoms. The van der Waals surface area contributed by atoms with Gasteiger partial charge in [-0.3, -0.25) is 4.79 Å². The zero-order chi connectivity index (χ0) is 21.3. The standard InChI is InChI=1S/C22H26N2O6/c1-29-21(27)16-3-2-4-17(8-16)23-20(26)19(24-28)18(25)12-30-22-9-13-5-14(10-22)7-15(6-13)11-22/h2-4,8,13-15,25H,5-7,9-12H2,1H3,(H,23,26). The molecule has 30 heavy (non-hydrogen) atoms. The highest BCUT2D eigenvalue weighted by Gasteiger charge is 2.51. The first-order chi connectivity index (χ1) is 14.4. The zero-order valence-corrected chi connectivity index (χ0v) is 16.9. The van der Waals surface area contributed by atoms with Crippen molar-refractivity contribution in [3.63, 3.8) is 0 Å². The summed E-state index contributed by atoms with van der Waals surface area (Å²) >= 11 is 0. The third kappa shape index (κ3) is 4.09. The van der Waals surface area contributed by atoms with Gasteiger partial charge in [-0.1, -0.05) is 6.07 Å². The normalized spacial score (nSPS) is 29.8. The number of nitrogens with one attached hydrogen (secondary N) is 1. The van der Waals surface area contributed by atoms with Crippen molar-refractivity contribution in [2.24, 2.45) is 22.9 Å². The summed E-state index contributed by atoms with van der Waals surface area (Å²) in [5, 5.41) is 15.6. The van der Waals surface area contributed by atoms with Crippen LogP contribution in [0.25, 0.3) is 0 Å². The lowest BCUT2D eigenvalue weighted by Crippen LogP contribution is -2.52. The van der Waals surface area contributed by atoms with Crippen molar-refractivity contribution in [1.82, 2.24) is 0 Å². The molecule has 1 aromatic rings. The van der Waals surface area contributed by atoms with Crippen molar-refractivity contribution in [2.45, 2.75) is 44.1 Å². The number of hydrogen-bond donors (Lipinski definition) is 2. The number of esters is 1. The summed E-state index contributed by atoms with van der Waals surface area (Å²) in [6.45, 7) is -0.219. The number of aliphatic hydroxyl groups excluding tert-OH is 1. The first kappa shape index (κ1) is 20.5. The van der Waals surface area contributed by atoms with Crippen LogP contribution in [0.4, 0.5) is 5.69 Å². The highest BCUT2D eigenvalue weighted by atomic mass is 16.5. The monoisotopic (exact) mass is 414 g/mol. The van der Waals surface area contributed by atoms with Gasteiger partial charge in [0.2, 0.25) is 5.70 Å². The van der Waals surface area contributed by atoms with E-state index < -0.39 is 23.3 Å². The Balaban J connectivity index is 1.43. The van der Waals surface area contributed by atoms with E-state index in [1.807, 2.05) is 0 Å². The Hall–Kier alpha value is -2.74. The third-order valence-electron chi connectivity index (χ3n) is 6.62. The second-order valence-electron chi connectivity index (χ2n) is 8.80. The number of methoxy groups -OCH3 is 1. The van der Waals surface area contributed by atoms with E-state index in [0.717, 1.165) is 19.3 Å². The number of amides is 1. The minimum absolute atomic E-state index is 0.219. The lowest BCUT2D eigenvalue weighted by molar-refractivity contribution is -0.160. The number of benzene rings is 1. The quantitative estimate of drug-likeness (QED) is 0.302. The largest absolute Gasteiger partial charge is 0.507 e. The van der Waals surface area contributed by atoms with Crippen molar-refractivity contribution < 1.29 is 24.2 Å². The summed E-state index contributed by atoms with van der Waals surface area (Å²) in [5.41, 5.74) is -0.362. The third-order valence-corrected chi connectivity index (χ3v) is 6.62. The maximum absolute atomic E-state index is 12.5. The van der Waals surface area contributed by atoms with Gasteiger partial charge in [-0.05, 0) is 79.7 Å². The predicted octanol–water partition coefficient (Wildman–Crippen LogP) is 3.93. The van der Waals surface area contributed by atoms with Crippen LogP contribution in [0, 0.1) is 22.7 Å². The van der Waals surface area contributed by atoms with E-state index >= 15 is 0 Å². The van der Waals surface area contributed by atoms with E-state index in [1.54, 1.807) is 12.1 Å². The van der Waals surface area contributed by atoms with E-state index in [4.69, 9.17) is 4.74 Å². The van der Waals surface area contributed by atoms with Gasteiger partial charge in [-0.15, -0.1) is 4.91 Å². The Morgan fingerprint density at radius 1 is 1.17 bits per heavy atom. The van der Waals surface area contributed by atoms with Gasteiger partial charge in [0.15, 0.2) is 5.76 Å². The number of carbonyl (C=O) groups is 2. The molecule has 0 atom stereocenters. The van der Waals surface area contributed by atoms with Crippen LogP contribution in [-0.2, 0) is 14.3 Å². The summed E-state index contributed by atoms with van der Waals surface area (Å²) < 4.78 is 10.8. The smallest absolute Gasteiger partial charge is 0.337 e. The van der Waals surface area contributed by atoms with Crippen LogP contribution in [0.15, 0.2) is 40.9 Å². The molecule has 1 amide bonds. The fraction of sp³-hybridized carbons (Fsp3) is 0.545. The maximum Gasteiger partial charge on any atom is 0.337 e. The van der Waals surface area contributed by atoms with Gasteiger partial charge in [-0.2, -0.15) is 0 Å². The van der Waals surface area contributed by atoms with Crippen LogP contribution >= 0.6 is 0 Å². The summed E-state index contributed by atoms with van der Waals surface area (Å²) in [7, 11) is 1.26. The Morgan fingerprint density at radius 2 is 1.80 bits per heavy atom. The predicted molar refractivity (Wildman–Crippen MR) is 109 cm³/mol. The molecule has 8 nitrogen and oxygen atoms in total. The minimum Gasteiger partial charge on any atom is -0.507 e. The molecule has 4 saturated carbocycles. The lowest BCUT2D eigenvalue weighted by Gasteiger charge is -2.56. The summed E-state index contributed by atoms with van der Waals surface area (Å²) in [4.78, 5) is 35.4. The van der Waals surface area contributed by atoms with E-state index in [0.29, 0.717) is 17.8 Å². The fourth-order valence-corrected chi connectivity index (χ4v) is 5.76. The number of hydrogen-bond acceptors (Lipinski definition) is 7. The van der Waals surface area contributed by atoms with Crippen LogP contribution in [0.2, 0.25) is 0 Å². The van der Waals surface area contributed by atoms with Crippen molar-refractivity contribution in [3.05, 3.63) is 46.2 Å². The molecule has 2 N–H and O–H groups in total. The van der Waals surface area contributed by atoms with Crippen molar-refractivity contribution >= 4 is 17.6 Å². The summed E-state index contributed by atoms with van der Waals surface area (Å²) in [6.07, 6.45) is 6.71. The fourth-order valence-electron chi connectivity index (χ4n) is 5.76. The van der Waals surface area contributed by atoms with Crippen LogP contribution < -0.4 is 5.32 Å². The van der Waals surface area contributed by atoms with Crippen LogP contribution in [0.3, 0.4) is 0 Å². The van der Waals surface area contributed by atoms with Gasteiger partial charge in [0.05, 0.1) is 18.3 Å². The van der Waals surface area contributed by atoms with Crippen molar-refractivity contribution in [2.75, 3.05) is 19.0 Å². The number of aliphatic hydroxyl groups is 1. The first-order valence-electron chi connectivity index (χ1n) is 10.3. The lowest BCUT2D eigenvalue weighted by atomic mass is 9.54. The number of ether oxygens (including phenoxy) is 2. The van der Waals surface area contributed by atoms with E-state index in [2.05, 4.69) is 15.2 Å². The average molecular weight is 414 g/mol. The molecule has 160 valence electrons. The molecule has 0 spiro atoms. The van der Waals surface area contributed by atoms with Crippen LogP contribution in [-0.4, -0.2) is 36.3 Å². The molecule has 0 heterocycles. The van der Waals surface area contributed by atoms with Gasteiger partial charge in [-0.25, -0.2) is 4.79 Å². The van der Waals surface area contributed by atoms with Crippen molar-refractivity contribution in [3.8, 4) is 0 Å². The number of nitroso groups, excluding NO2 is 1. The molecule has 4 aliphatic rings. The summed E-state index contributed by atoms with van der Waals surface area (Å²) in [5.74, 6) is 0.132. The Bertz CT molecular complexity index is 858. The molecule has 0 aromatic heterocycles. The molecule has 1 aromatic carbocycles. The SMILES string of the molecule is COC(=O)c1cccc(NC(=O)C(N=O)=C(O)COC23CC4CC(CC(C4)C2)C3)c1. The van der Waals surface area contributed by atoms with Gasteiger partial charge in [0.1, 0.15) is 6.61 Å². The van der Waals surface area contributed by atoms with Gasteiger partial charge >= 0.3 is 5.97 Å². The highest BCUT2D eigenvalue weighted by molar-refractivity contribution is 6.04. The molecule has 0 saturated heterocycles. The topological polar surface area (TPSA) is 114 Å². The van der Waals surface area contributed by atoms with Gasteiger partial charge < -0.3 is 19.9 Å². The second kappa shape index (κ2) is 8.18. The Kier molecular flexibility index (Phi) is 5.60. The van der Waals surface area contributed by atoms with Crippen LogP contribution in [0.5, 0.6) is 0 Å². The number of anilines is 1. The molecular formula is C22H26N2O6. The molecule has 4 aliphatic carbocycles. The van der Waals surface area contributed by atoms with Crippen molar-refractivity contribution in [1.29, 1.82) is 0 Å². The molecule has 5 rings (SSSR count). The van der Waals surface area contributed by atoms with E-state index in [-0.39, 0.29) is 23.5 Å². The Labute approximate surface area is 174 Å². The molecule has 0 unspecified atom stereocenters. The van der Waals surface area contributed by atoms with Gasteiger partial charge in [0.25, 0.3) is 5.91 Å².